The highest BCUT2D eigenvalue weighted by atomic mass is 32.2. The smallest absolute Gasteiger partial charge is 0.243 e. The molecule has 1 aromatic rings. The van der Waals surface area contributed by atoms with Crippen LogP contribution in [0.2, 0.25) is 0 Å². The number of hydrogen-bond donors (Lipinski definition) is 1. The first-order valence-electron chi connectivity index (χ1n) is 12.1. The molecule has 33 heavy (non-hydrogen) atoms. The lowest BCUT2D eigenvalue weighted by Gasteiger charge is -2.27. The van der Waals surface area contributed by atoms with Crippen LogP contribution >= 0.6 is 0 Å². The molecule has 2 heterocycles. The van der Waals surface area contributed by atoms with Gasteiger partial charge in [-0.3, -0.25) is 14.7 Å². The molecule has 186 valence electrons. The van der Waals surface area contributed by atoms with Crippen LogP contribution in [0.15, 0.2) is 30.6 Å². The van der Waals surface area contributed by atoms with Gasteiger partial charge in [-0.15, -0.1) is 0 Å². The van der Waals surface area contributed by atoms with Gasteiger partial charge in [-0.25, -0.2) is 12.7 Å². The fraction of sp³-hybridized carbons (Fsp3) is 0.667. The third-order valence-corrected chi connectivity index (χ3v) is 7.00. The Morgan fingerprint density at radius 1 is 1.12 bits per heavy atom. The van der Waals surface area contributed by atoms with Gasteiger partial charge < -0.3 is 10.1 Å². The fourth-order valence-corrected chi connectivity index (χ4v) is 4.70. The van der Waals surface area contributed by atoms with Crippen LogP contribution in [0.4, 0.5) is 0 Å². The Morgan fingerprint density at radius 2 is 1.82 bits per heavy atom. The molecule has 0 bridgehead atoms. The zero-order chi connectivity index (χ0) is 23.8. The van der Waals surface area contributed by atoms with Crippen molar-refractivity contribution in [2.24, 2.45) is 0 Å². The second-order valence-electron chi connectivity index (χ2n) is 8.50. The number of aromatic nitrogens is 1. The molecule has 1 aromatic heterocycles. The zero-order valence-corrected chi connectivity index (χ0v) is 20.8. The predicted octanol–water partition coefficient (Wildman–Crippen LogP) is 2.54. The summed E-state index contributed by atoms with van der Waals surface area (Å²) in [4.78, 5) is 18.2. The lowest BCUT2D eigenvalue weighted by atomic mass is 10.1. The summed E-state index contributed by atoms with van der Waals surface area (Å²) in [7, 11) is -3.16. The molecule has 1 aliphatic rings. The lowest BCUT2D eigenvalue weighted by Crippen LogP contribution is -2.39. The van der Waals surface area contributed by atoms with Gasteiger partial charge in [-0.05, 0) is 43.5 Å². The Kier molecular flexibility index (Phi) is 13.2. The molecule has 1 aliphatic heterocycles. The summed E-state index contributed by atoms with van der Waals surface area (Å²) in [5, 5.41) is 2.90. The summed E-state index contributed by atoms with van der Waals surface area (Å²) in [6.45, 7) is 6.19. The molecule has 0 saturated carbocycles. The molecule has 2 rings (SSSR count). The number of pyridine rings is 1. The van der Waals surface area contributed by atoms with E-state index in [9.17, 15) is 13.2 Å². The topological polar surface area (TPSA) is 91.8 Å². The maximum atomic E-state index is 12.1. The van der Waals surface area contributed by atoms with Gasteiger partial charge in [-0.1, -0.05) is 31.7 Å². The molecule has 1 amide bonds. The van der Waals surface area contributed by atoms with E-state index in [0.717, 1.165) is 83.4 Å². The molecule has 9 heteroatoms. The van der Waals surface area contributed by atoms with Gasteiger partial charge in [0.2, 0.25) is 15.9 Å². The first-order chi connectivity index (χ1) is 15.9. The van der Waals surface area contributed by atoms with Gasteiger partial charge in [-0.2, -0.15) is 0 Å². The Bertz CT molecular complexity index is 796. The van der Waals surface area contributed by atoms with E-state index in [4.69, 9.17) is 4.74 Å². The summed E-state index contributed by atoms with van der Waals surface area (Å²) < 4.78 is 31.1. The van der Waals surface area contributed by atoms with Crippen molar-refractivity contribution in [3.05, 3.63) is 36.2 Å². The predicted molar refractivity (Wildman–Crippen MR) is 132 cm³/mol. The van der Waals surface area contributed by atoms with Crippen molar-refractivity contribution in [3.63, 3.8) is 0 Å². The van der Waals surface area contributed by atoms with Crippen molar-refractivity contribution in [1.82, 2.24) is 19.5 Å². The van der Waals surface area contributed by atoms with Crippen molar-refractivity contribution in [2.75, 3.05) is 58.7 Å². The third kappa shape index (κ3) is 12.9. The van der Waals surface area contributed by atoms with Crippen LogP contribution in [0.1, 0.15) is 50.5 Å². The summed E-state index contributed by atoms with van der Waals surface area (Å²) in [6, 6.07) is 3.74. The van der Waals surface area contributed by atoms with Crippen molar-refractivity contribution in [3.8, 4) is 0 Å². The summed E-state index contributed by atoms with van der Waals surface area (Å²) in [5.41, 5.74) is 0.902. The Morgan fingerprint density at radius 3 is 2.52 bits per heavy atom. The second kappa shape index (κ2) is 15.9. The van der Waals surface area contributed by atoms with Gasteiger partial charge in [0, 0.05) is 51.2 Å². The highest BCUT2D eigenvalue weighted by Crippen LogP contribution is 2.09. The van der Waals surface area contributed by atoms with Crippen molar-refractivity contribution < 1.29 is 17.9 Å². The van der Waals surface area contributed by atoms with E-state index in [1.165, 1.54) is 12.3 Å². The normalized spacial score (nSPS) is 15.3. The number of rotatable bonds is 16. The van der Waals surface area contributed by atoms with Crippen LogP contribution in [0.25, 0.3) is 6.08 Å². The summed E-state index contributed by atoms with van der Waals surface area (Å²) in [5.74, 6) is -0.0895. The average molecular weight is 481 g/mol. The van der Waals surface area contributed by atoms with E-state index in [0.29, 0.717) is 19.6 Å². The number of carbonyl (C=O) groups excluding carboxylic acids is 1. The van der Waals surface area contributed by atoms with Crippen LogP contribution < -0.4 is 5.32 Å². The fourth-order valence-electron chi connectivity index (χ4n) is 3.78. The van der Waals surface area contributed by atoms with Gasteiger partial charge >= 0.3 is 0 Å². The first kappa shape index (κ1) is 27.4. The Hall–Kier alpha value is -1.81. The maximum absolute atomic E-state index is 12.1. The van der Waals surface area contributed by atoms with Gasteiger partial charge in [0.15, 0.2) is 0 Å². The van der Waals surface area contributed by atoms with Crippen LogP contribution in [0.5, 0.6) is 0 Å². The molecule has 8 nitrogen and oxygen atoms in total. The molecular formula is C24H40N4O4S. The summed E-state index contributed by atoms with van der Waals surface area (Å²) >= 11 is 0. The standard InChI is InChI=1S/C24H40N4O4S/c1-33(30,31)28(17-9-15-27-18-20-32-21-19-27)16-7-5-3-2-4-6-14-26-24(29)12-11-23-10-8-13-25-22-23/h8,10-13,22H,2-7,9,14-21H2,1H3,(H,26,29). The molecule has 1 saturated heterocycles. The average Bonchev–Trinajstić information content (AvgIpc) is 2.81. The van der Waals surface area contributed by atoms with Crippen LogP contribution in [0, 0.1) is 0 Å². The number of ether oxygens (including phenoxy) is 1. The third-order valence-electron chi connectivity index (χ3n) is 5.70. The van der Waals surface area contributed by atoms with E-state index < -0.39 is 10.0 Å². The number of unbranched alkanes of at least 4 members (excludes halogenated alkanes) is 5. The minimum absolute atomic E-state index is 0.0895. The van der Waals surface area contributed by atoms with E-state index >= 15 is 0 Å². The Labute approximate surface area is 199 Å². The number of amides is 1. The van der Waals surface area contributed by atoms with E-state index in [1.807, 2.05) is 12.1 Å². The van der Waals surface area contributed by atoms with Crippen molar-refractivity contribution in [1.29, 1.82) is 0 Å². The number of nitrogens with zero attached hydrogens (tertiary/aromatic N) is 3. The molecule has 0 atom stereocenters. The molecule has 0 spiro atoms. The van der Waals surface area contributed by atoms with Crippen molar-refractivity contribution >= 4 is 22.0 Å². The number of sulfonamides is 1. The SMILES string of the molecule is CS(=O)(=O)N(CCCCCCCCNC(=O)C=Cc1cccnc1)CCCN1CCOCC1. The van der Waals surface area contributed by atoms with Crippen LogP contribution in [-0.2, 0) is 19.6 Å². The quantitative estimate of drug-likeness (QED) is 0.289. The van der Waals surface area contributed by atoms with Crippen LogP contribution in [0.3, 0.4) is 0 Å². The van der Waals surface area contributed by atoms with Gasteiger partial charge in [0.25, 0.3) is 0 Å². The number of nitrogens with one attached hydrogen (secondary N) is 1. The molecule has 0 radical (unpaired) electrons. The molecule has 0 aromatic carbocycles. The molecule has 0 unspecified atom stereocenters. The molecule has 1 fully saturated rings. The van der Waals surface area contributed by atoms with Gasteiger partial charge in [0.1, 0.15) is 0 Å². The highest BCUT2D eigenvalue weighted by Gasteiger charge is 2.17. The maximum Gasteiger partial charge on any atom is 0.243 e. The zero-order valence-electron chi connectivity index (χ0n) is 20.0. The molecular weight excluding hydrogens is 440 g/mol. The van der Waals surface area contributed by atoms with E-state index in [1.54, 1.807) is 22.8 Å². The second-order valence-corrected chi connectivity index (χ2v) is 10.5. The highest BCUT2D eigenvalue weighted by molar-refractivity contribution is 7.88. The lowest BCUT2D eigenvalue weighted by molar-refractivity contribution is -0.116. The van der Waals surface area contributed by atoms with E-state index in [-0.39, 0.29) is 5.91 Å². The van der Waals surface area contributed by atoms with Crippen molar-refractivity contribution in [2.45, 2.75) is 44.9 Å². The number of morpholine rings is 1. The molecule has 1 N–H and O–H groups in total. The Balaban J connectivity index is 1.48. The molecule has 0 aliphatic carbocycles. The summed E-state index contributed by atoms with van der Waals surface area (Å²) in [6.07, 6.45) is 15.0. The van der Waals surface area contributed by atoms with Crippen LogP contribution in [-0.4, -0.2) is 87.3 Å². The first-order valence-corrected chi connectivity index (χ1v) is 13.9. The number of hydrogen-bond acceptors (Lipinski definition) is 6. The minimum Gasteiger partial charge on any atom is -0.379 e. The monoisotopic (exact) mass is 480 g/mol. The number of carbonyl (C=O) groups is 1. The minimum atomic E-state index is -3.16. The van der Waals surface area contributed by atoms with E-state index in [2.05, 4.69) is 15.2 Å². The largest absolute Gasteiger partial charge is 0.379 e. The van der Waals surface area contributed by atoms with Gasteiger partial charge in [0.05, 0.1) is 19.5 Å².